The van der Waals surface area contributed by atoms with Crippen molar-refractivity contribution in [2.24, 2.45) is 27.1 Å². The molecule has 2 aromatic rings. The van der Waals surface area contributed by atoms with Crippen LogP contribution in [0.4, 0.5) is 0 Å². The van der Waals surface area contributed by atoms with Crippen LogP contribution in [0.3, 0.4) is 0 Å². The largest absolute Gasteiger partial charge is 0.497 e. The molecule has 3 aliphatic heterocycles. The molecule has 0 saturated heterocycles. The van der Waals surface area contributed by atoms with Crippen molar-refractivity contribution < 1.29 is 14.3 Å². The van der Waals surface area contributed by atoms with Crippen LogP contribution in [0.1, 0.15) is 58.8 Å². The summed E-state index contributed by atoms with van der Waals surface area (Å²) in [6, 6.07) is 13.6. The zero-order valence-electron chi connectivity index (χ0n) is 24.2. The molecule has 2 unspecified atom stereocenters. The summed E-state index contributed by atoms with van der Waals surface area (Å²) in [6.45, 7) is 4.00. The molecule has 9 heteroatoms. The fraction of sp³-hybridized carbons (Fsp3) is 0.364. The summed E-state index contributed by atoms with van der Waals surface area (Å²) in [5.41, 5.74) is 19.2. The van der Waals surface area contributed by atoms with Crippen LogP contribution in [0.15, 0.2) is 83.3 Å². The number of allylic oxidation sites excluding steroid dienone is 2. The summed E-state index contributed by atoms with van der Waals surface area (Å²) in [4.78, 5) is 22.7. The van der Waals surface area contributed by atoms with Crippen LogP contribution in [0.5, 0.6) is 5.75 Å². The lowest BCUT2D eigenvalue weighted by Crippen LogP contribution is -2.37. The third-order valence-electron chi connectivity index (χ3n) is 8.59. The number of unbranched alkanes of at least 4 members (excludes halogenated alkanes) is 1. The highest BCUT2D eigenvalue weighted by Crippen LogP contribution is 2.65. The Morgan fingerprint density at radius 2 is 2.02 bits per heavy atom. The van der Waals surface area contributed by atoms with Gasteiger partial charge in [0.15, 0.2) is 5.78 Å². The van der Waals surface area contributed by atoms with Crippen LogP contribution in [-0.2, 0) is 4.74 Å². The molecule has 1 aliphatic carbocycles. The first-order valence-electron chi connectivity index (χ1n) is 14.6. The van der Waals surface area contributed by atoms with Crippen molar-refractivity contribution in [1.82, 2.24) is 16.0 Å². The lowest BCUT2D eigenvalue weighted by atomic mass is 9.81. The minimum atomic E-state index is -0.449. The van der Waals surface area contributed by atoms with E-state index in [0.717, 1.165) is 65.2 Å². The van der Waals surface area contributed by atoms with E-state index in [2.05, 4.69) is 29.2 Å². The second-order valence-electron chi connectivity index (χ2n) is 11.2. The zero-order chi connectivity index (χ0) is 29.1. The van der Waals surface area contributed by atoms with Gasteiger partial charge in [-0.25, -0.2) is 0 Å². The minimum absolute atomic E-state index is 0.146. The molecule has 1 spiro atoms. The molecule has 4 aliphatic rings. The topological polar surface area (TPSA) is 114 Å². The maximum Gasteiger partial charge on any atom is 0.163 e. The molecule has 1 fully saturated rings. The molecular formula is C33H38N6O3. The number of hydrogen-bond acceptors (Lipinski definition) is 9. The monoisotopic (exact) mass is 566 g/mol. The molecule has 3 heterocycles. The van der Waals surface area contributed by atoms with Gasteiger partial charge in [-0.15, -0.1) is 5.53 Å². The van der Waals surface area contributed by atoms with Crippen LogP contribution in [0, 0.1) is 18.3 Å². The molecule has 1 saturated carbocycles. The Morgan fingerprint density at radius 3 is 2.79 bits per heavy atom. The van der Waals surface area contributed by atoms with Gasteiger partial charge in [-0.2, -0.15) is 0 Å². The number of nitrogens with zero attached hydrogens (tertiary/aromatic N) is 3. The predicted molar refractivity (Wildman–Crippen MR) is 165 cm³/mol. The maximum absolute atomic E-state index is 13.0. The number of rotatable bonds is 13. The highest BCUT2D eigenvalue weighted by atomic mass is 16.5. The second kappa shape index (κ2) is 12.1. The second-order valence-corrected chi connectivity index (χ2v) is 11.2. The maximum atomic E-state index is 13.0. The molecule has 6 rings (SSSR count). The van der Waals surface area contributed by atoms with Crippen molar-refractivity contribution >= 4 is 22.8 Å². The van der Waals surface area contributed by atoms with Gasteiger partial charge in [0.2, 0.25) is 0 Å². The van der Waals surface area contributed by atoms with Gasteiger partial charge in [-0.1, -0.05) is 36.4 Å². The van der Waals surface area contributed by atoms with E-state index in [1.807, 2.05) is 67.1 Å². The van der Waals surface area contributed by atoms with E-state index in [1.165, 1.54) is 5.57 Å². The SMILES string of the molecule is COc1ccc(C2=CN=C3C([C@H](N)c4ccc(C(=O)CCCCOCCN5C=CNN5)c(C)c4)=NC=CC4CC234)cc1. The molecule has 4 N–H and O–H groups in total. The highest BCUT2D eigenvalue weighted by molar-refractivity contribution is 6.50. The Hall–Kier alpha value is -4.05. The molecule has 3 atom stereocenters. The minimum Gasteiger partial charge on any atom is -0.497 e. The van der Waals surface area contributed by atoms with Crippen molar-refractivity contribution in [3.8, 4) is 5.75 Å². The normalized spacial score (nSPS) is 22.4. The number of hydrogen-bond donors (Lipinski definition) is 3. The number of hydrazine groups is 2. The van der Waals surface area contributed by atoms with Crippen molar-refractivity contribution in [1.29, 1.82) is 0 Å². The number of carbonyl (C=O) groups is 1. The average Bonchev–Trinajstić information content (AvgIpc) is 3.30. The molecule has 0 aromatic heterocycles. The van der Waals surface area contributed by atoms with E-state index < -0.39 is 6.04 Å². The molecule has 218 valence electrons. The molecule has 0 amide bonds. The van der Waals surface area contributed by atoms with E-state index in [0.29, 0.717) is 25.6 Å². The summed E-state index contributed by atoms with van der Waals surface area (Å²) in [5.74, 6) is 1.33. The lowest BCUT2D eigenvalue weighted by molar-refractivity contribution is 0.0935. The lowest BCUT2D eigenvalue weighted by Gasteiger charge is -2.22. The number of methoxy groups -OCH3 is 1. The number of Topliss-reactive ketones (excluding diaryl/α,β-unsaturated/α-hetero) is 1. The summed E-state index contributed by atoms with van der Waals surface area (Å²) < 4.78 is 11.0. The number of nitrogens with two attached hydrogens (primary N) is 1. The van der Waals surface area contributed by atoms with Gasteiger partial charge in [0, 0.05) is 48.8 Å². The first kappa shape index (κ1) is 28.1. The number of aryl methyl sites for hydroxylation is 1. The van der Waals surface area contributed by atoms with Gasteiger partial charge >= 0.3 is 0 Å². The Labute approximate surface area is 246 Å². The Bertz CT molecular complexity index is 1490. The van der Waals surface area contributed by atoms with Crippen LogP contribution in [-0.4, -0.2) is 49.1 Å². The van der Waals surface area contributed by atoms with Crippen LogP contribution >= 0.6 is 0 Å². The molecule has 0 bridgehead atoms. The Kier molecular flexibility index (Phi) is 8.06. The molecule has 0 radical (unpaired) electrons. The predicted octanol–water partition coefficient (Wildman–Crippen LogP) is 4.64. The van der Waals surface area contributed by atoms with Crippen molar-refractivity contribution in [3.63, 3.8) is 0 Å². The fourth-order valence-electron chi connectivity index (χ4n) is 6.16. The molecule has 9 nitrogen and oxygen atoms in total. The van der Waals surface area contributed by atoms with Gasteiger partial charge in [-0.3, -0.25) is 19.8 Å². The van der Waals surface area contributed by atoms with Crippen molar-refractivity contribution in [3.05, 3.63) is 95.6 Å². The molecule has 42 heavy (non-hydrogen) atoms. The van der Waals surface area contributed by atoms with Crippen LogP contribution in [0.2, 0.25) is 0 Å². The van der Waals surface area contributed by atoms with E-state index in [4.69, 9.17) is 25.2 Å². The third kappa shape index (κ3) is 5.43. The Morgan fingerprint density at radius 1 is 1.17 bits per heavy atom. The van der Waals surface area contributed by atoms with Crippen molar-refractivity contribution in [2.45, 2.75) is 38.6 Å². The first-order chi connectivity index (χ1) is 20.5. The van der Waals surface area contributed by atoms with Crippen LogP contribution < -0.4 is 21.4 Å². The van der Waals surface area contributed by atoms with Gasteiger partial charge < -0.3 is 20.6 Å². The smallest absolute Gasteiger partial charge is 0.163 e. The van der Waals surface area contributed by atoms with Gasteiger partial charge in [0.05, 0.1) is 37.7 Å². The number of ether oxygens (including phenoxy) is 2. The average molecular weight is 567 g/mol. The number of benzene rings is 2. The number of aliphatic imine (C=N–C) groups is 2. The van der Waals surface area contributed by atoms with Gasteiger partial charge in [-0.05, 0) is 66.5 Å². The van der Waals surface area contributed by atoms with E-state index in [-0.39, 0.29) is 11.2 Å². The summed E-state index contributed by atoms with van der Waals surface area (Å²) in [6.07, 6.45) is 12.9. The highest BCUT2D eigenvalue weighted by Gasteiger charge is 2.62. The van der Waals surface area contributed by atoms with Gasteiger partial charge in [0.1, 0.15) is 5.75 Å². The zero-order valence-corrected chi connectivity index (χ0v) is 24.2. The third-order valence-corrected chi connectivity index (χ3v) is 8.59. The van der Waals surface area contributed by atoms with Gasteiger partial charge in [0.25, 0.3) is 0 Å². The summed E-state index contributed by atoms with van der Waals surface area (Å²) in [7, 11) is 1.68. The molecule has 2 aromatic carbocycles. The first-order valence-corrected chi connectivity index (χ1v) is 14.6. The summed E-state index contributed by atoms with van der Waals surface area (Å²) >= 11 is 0. The quantitative estimate of drug-likeness (QED) is 0.239. The summed E-state index contributed by atoms with van der Waals surface area (Å²) in [5, 5.41) is 1.92. The molecular weight excluding hydrogens is 528 g/mol. The van der Waals surface area contributed by atoms with Crippen LogP contribution in [0.25, 0.3) is 5.57 Å². The van der Waals surface area contributed by atoms with E-state index >= 15 is 0 Å². The Balaban J connectivity index is 1.06. The standard InChI is InChI=1S/C33H38N6O3/c1-22-19-24(8-11-27(22)29(40)5-3-4-17-42-18-16-39-15-14-37-38-39)30(34)31-32-33(20-25(33)12-13-35-31)28(21-36-32)23-6-9-26(41-2)10-7-23/h6-15,19,21,25,30,37-38H,3-5,16-18,20,34H2,1-2H3/t25?,30-,33?/m1/s1. The van der Waals surface area contributed by atoms with E-state index in [9.17, 15) is 4.79 Å². The number of nitrogens with one attached hydrogen (secondary N) is 2. The number of carbonyl (C=O) groups excluding carboxylic acids is 1. The van der Waals surface area contributed by atoms with Crippen molar-refractivity contribution in [2.75, 3.05) is 26.9 Å². The fourth-order valence-corrected chi connectivity index (χ4v) is 6.16. The number of ketones is 1. The van der Waals surface area contributed by atoms with E-state index in [1.54, 1.807) is 7.11 Å².